The zero-order chi connectivity index (χ0) is 14.2. The third-order valence-electron chi connectivity index (χ3n) is 3.47. The molecule has 21 heavy (non-hydrogen) atoms. The van der Waals surface area contributed by atoms with Crippen molar-refractivity contribution in [1.82, 2.24) is 9.34 Å². The van der Waals surface area contributed by atoms with Crippen LogP contribution < -0.4 is 5.09 Å². The van der Waals surface area contributed by atoms with Crippen LogP contribution in [0.15, 0.2) is 24.3 Å². The zero-order valence-electron chi connectivity index (χ0n) is 12.2. The SMILES string of the molecule is O=C(O)CCc1ccc(NP(=O)(N2CC2)N2CC2)cc1.[Na]. The van der Waals surface area contributed by atoms with Crippen LogP contribution >= 0.6 is 7.59 Å². The number of rotatable bonds is 7. The van der Waals surface area contributed by atoms with Crippen molar-refractivity contribution in [2.24, 2.45) is 0 Å². The van der Waals surface area contributed by atoms with E-state index in [9.17, 15) is 9.36 Å². The van der Waals surface area contributed by atoms with Crippen LogP contribution in [0, 0.1) is 0 Å². The minimum Gasteiger partial charge on any atom is -0.481 e. The number of aryl methyl sites for hydroxylation is 1. The summed E-state index contributed by atoms with van der Waals surface area (Å²) >= 11 is 0. The third-order valence-corrected chi connectivity index (χ3v) is 6.35. The first-order valence-corrected chi connectivity index (χ1v) is 8.39. The van der Waals surface area contributed by atoms with E-state index in [2.05, 4.69) is 5.09 Å². The number of anilines is 1. The molecular weight excluding hydrogens is 300 g/mol. The average molecular weight is 318 g/mol. The Hall–Kier alpha value is -0.360. The summed E-state index contributed by atoms with van der Waals surface area (Å²) in [4.78, 5) is 10.5. The molecule has 2 aliphatic rings. The topological polar surface area (TPSA) is 72.4 Å². The van der Waals surface area contributed by atoms with E-state index < -0.39 is 13.6 Å². The molecule has 2 saturated heterocycles. The quantitative estimate of drug-likeness (QED) is 0.451. The van der Waals surface area contributed by atoms with Gasteiger partial charge in [-0.25, -0.2) is 9.34 Å². The van der Waals surface area contributed by atoms with Crippen LogP contribution in [0.25, 0.3) is 0 Å². The maximum atomic E-state index is 12.9. The largest absolute Gasteiger partial charge is 0.481 e. The van der Waals surface area contributed by atoms with E-state index in [1.165, 1.54) is 0 Å². The molecule has 6 nitrogen and oxygen atoms in total. The van der Waals surface area contributed by atoms with Gasteiger partial charge in [0, 0.05) is 67.8 Å². The Morgan fingerprint density at radius 1 is 1.14 bits per heavy atom. The van der Waals surface area contributed by atoms with Gasteiger partial charge in [0.25, 0.3) is 0 Å². The van der Waals surface area contributed by atoms with E-state index >= 15 is 0 Å². The number of hydrogen-bond acceptors (Lipinski definition) is 2. The van der Waals surface area contributed by atoms with Crippen molar-refractivity contribution in [2.75, 3.05) is 31.3 Å². The smallest absolute Gasteiger partial charge is 0.308 e. The van der Waals surface area contributed by atoms with Gasteiger partial charge in [-0.1, -0.05) is 12.1 Å². The van der Waals surface area contributed by atoms with Crippen LogP contribution in [0.4, 0.5) is 5.69 Å². The molecule has 2 heterocycles. The molecule has 0 saturated carbocycles. The minimum atomic E-state index is -2.59. The second-order valence-corrected chi connectivity index (χ2v) is 7.60. The maximum Gasteiger partial charge on any atom is 0.308 e. The molecule has 0 aromatic heterocycles. The normalized spacial score (nSPS) is 17.9. The third kappa shape index (κ3) is 4.31. The molecule has 0 atom stereocenters. The molecule has 0 unspecified atom stereocenters. The number of carboxylic acid groups (broad SMARTS) is 1. The molecule has 3 rings (SSSR count). The molecule has 0 aliphatic carbocycles. The van der Waals surface area contributed by atoms with Crippen molar-refractivity contribution in [2.45, 2.75) is 12.8 Å². The second-order valence-electron chi connectivity index (χ2n) is 5.15. The zero-order valence-corrected chi connectivity index (χ0v) is 15.1. The molecule has 2 fully saturated rings. The first kappa shape index (κ1) is 17.0. The van der Waals surface area contributed by atoms with Crippen molar-refractivity contribution in [3.05, 3.63) is 29.8 Å². The van der Waals surface area contributed by atoms with Crippen LogP contribution in [-0.2, 0) is 15.8 Å². The molecule has 1 aromatic carbocycles. The first-order valence-electron chi connectivity index (χ1n) is 6.78. The molecule has 2 aliphatic heterocycles. The fraction of sp³-hybridized carbons (Fsp3) is 0.462. The maximum absolute atomic E-state index is 12.9. The Morgan fingerprint density at radius 2 is 1.67 bits per heavy atom. The summed E-state index contributed by atoms with van der Waals surface area (Å²) in [5, 5.41) is 11.8. The summed E-state index contributed by atoms with van der Waals surface area (Å²) in [6, 6.07) is 7.52. The monoisotopic (exact) mass is 318 g/mol. The number of nitrogens with zero attached hydrogens (tertiary/aromatic N) is 2. The summed E-state index contributed by atoms with van der Waals surface area (Å²) in [5.74, 6) is -0.792. The van der Waals surface area contributed by atoms with Crippen molar-refractivity contribution >= 4 is 48.8 Å². The average Bonchev–Trinajstić information content (AvgIpc) is 3.30. The molecule has 2 N–H and O–H groups in total. The number of carboxylic acids is 1. The first-order chi connectivity index (χ1) is 9.58. The van der Waals surface area contributed by atoms with E-state index in [-0.39, 0.29) is 36.0 Å². The van der Waals surface area contributed by atoms with Gasteiger partial charge in [-0.15, -0.1) is 0 Å². The second kappa shape index (κ2) is 6.82. The van der Waals surface area contributed by atoms with E-state index in [0.717, 1.165) is 37.4 Å². The van der Waals surface area contributed by atoms with Gasteiger partial charge in [0.2, 0.25) is 0 Å². The molecule has 8 heteroatoms. The van der Waals surface area contributed by atoms with Crippen LogP contribution in [0.2, 0.25) is 0 Å². The molecule has 109 valence electrons. The summed E-state index contributed by atoms with van der Waals surface area (Å²) < 4.78 is 16.8. The number of aliphatic carboxylic acids is 1. The molecule has 0 spiro atoms. The molecule has 1 aromatic rings. The Balaban J connectivity index is 0.00000161. The van der Waals surface area contributed by atoms with Crippen LogP contribution in [0.5, 0.6) is 0 Å². The minimum absolute atomic E-state index is 0. The van der Waals surface area contributed by atoms with Gasteiger partial charge in [-0.3, -0.25) is 9.36 Å². The Morgan fingerprint density at radius 3 is 2.10 bits per heavy atom. The van der Waals surface area contributed by atoms with E-state index in [1.54, 1.807) is 0 Å². The van der Waals surface area contributed by atoms with Crippen LogP contribution in [-0.4, -0.2) is 76.2 Å². The van der Waals surface area contributed by atoms with Crippen LogP contribution in [0.1, 0.15) is 12.0 Å². The molecule has 1 radical (unpaired) electrons. The van der Waals surface area contributed by atoms with E-state index in [1.807, 2.05) is 33.6 Å². The Kier molecular flexibility index (Phi) is 5.52. The van der Waals surface area contributed by atoms with E-state index in [4.69, 9.17) is 5.11 Å². The predicted octanol–water partition coefficient (Wildman–Crippen LogP) is 1.47. The van der Waals surface area contributed by atoms with Gasteiger partial charge in [0.05, 0.1) is 0 Å². The molecule has 0 amide bonds. The Labute approximate surface area is 146 Å². The fourth-order valence-corrected chi connectivity index (χ4v) is 4.51. The van der Waals surface area contributed by atoms with Gasteiger partial charge >= 0.3 is 13.6 Å². The summed E-state index contributed by atoms with van der Waals surface area (Å²) in [6.45, 7) is 3.55. The number of carbonyl (C=O) groups is 1. The molecule has 0 bridgehead atoms. The van der Waals surface area contributed by atoms with Crippen molar-refractivity contribution < 1.29 is 14.5 Å². The number of nitrogens with one attached hydrogen (secondary N) is 1. The van der Waals surface area contributed by atoms with Crippen molar-refractivity contribution in [3.8, 4) is 0 Å². The standard InChI is InChI=1S/C13H18N3O3P.Na/c17-13(18)6-3-11-1-4-12(5-2-11)14-20(19,15-7-8-15)16-9-10-16;/h1-2,4-5H,3,6-10H2,(H,14,19)(H,17,18);. The van der Waals surface area contributed by atoms with E-state index in [0.29, 0.717) is 6.42 Å². The van der Waals surface area contributed by atoms with Gasteiger partial charge in [0.15, 0.2) is 0 Å². The van der Waals surface area contributed by atoms with Crippen molar-refractivity contribution in [3.63, 3.8) is 0 Å². The Bertz CT molecular complexity index is 542. The summed E-state index contributed by atoms with van der Waals surface area (Å²) in [5.41, 5.74) is 1.80. The van der Waals surface area contributed by atoms with Crippen molar-refractivity contribution in [1.29, 1.82) is 0 Å². The summed E-state index contributed by atoms with van der Waals surface area (Å²) in [6.07, 6.45) is 0.651. The van der Waals surface area contributed by atoms with Gasteiger partial charge in [0.1, 0.15) is 0 Å². The van der Waals surface area contributed by atoms with Gasteiger partial charge in [-0.05, 0) is 24.1 Å². The predicted molar refractivity (Wildman–Crippen MR) is 82.5 cm³/mol. The van der Waals surface area contributed by atoms with Gasteiger partial charge in [-0.2, -0.15) is 0 Å². The van der Waals surface area contributed by atoms with Crippen LogP contribution in [0.3, 0.4) is 0 Å². The fourth-order valence-electron chi connectivity index (χ4n) is 2.12. The number of benzene rings is 1. The summed E-state index contributed by atoms with van der Waals surface area (Å²) in [7, 11) is -2.59. The number of hydrogen-bond donors (Lipinski definition) is 2. The molecular formula is C13H18N3NaO3P. The van der Waals surface area contributed by atoms with Gasteiger partial charge < -0.3 is 10.2 Å².